The Balaban J connectivity index is 1.90. The molecule has 4 fully saturated rings. The maximum absolute atomic E-state index is 9.23. The van der Waals surface area contributed by atoms with Crippen LogP contribution in [0.2, 0.25) is 0 Å². The highest BCUT2D eigenvalue weighted by Crippen LogP contribution is 2.59. The van der Waals surface area contributed by atoms with E-state index >= 15 is 0 Å². The van der Waals surface area contributed by atoms with Gasteiger partial charge in [0, 0.05) is 13.0 Å². The number of aliphatic hydroxyl groups is 1. The summed E-state index contributed by atoms with van der Waals surface area (Å²) < 4.78 is 12.1. The van der Waals surface area contributed by atoms with Gasteiger partial charge in [0.1, 0.15) is 5.60 Å². The second-order valence-electron chi connectivity index (χ2n) is 5.81. The van der Waals surface area contributed by atoms with E-state index in [9.17, 15) is 5.11 Å². The van der Waals surface area contributed by atoms with Crippen LogP contribution >= 0.6 is 0 Å². The van der Waals surface area contributed by atoms with Crippen LogP contribution in [0.15, 0.2) is 0 Å². The Bertz CT molecular complexity index is 270. The minimum atomic E-state index is -0.461. The average molecular weight is 212 g/mol. The highest BCUT2D eigenvalue weighted by Gasteiger charge is 2.63. The van der Waals surface area contributed by atoms with Gasteiger partial charge in [-0.05, 0) is 44.9 Å². The van der Waals surface area contributed by atoms with E-state index in [1.807, 2.05) is 13.8 Å². The summed E-state index contributed by atoms with van der Waals surface area (Å²) in [5.74, 6) is 1.01. The smallest absolute Gasteiger partial charge is 0.164 e. The Morgan fingerprint density at radius 2 is 2.00 bits per heavy atom. The molecule has 3 nitrogen and oxygen atoms in total. The normalized spacial score (nSPS) is 51.0. The maximum atomic E-state index is 9.23. The number of hydrogen-bond donors (Lipinski definition) is 1. The van der Waals surface area contributed by atoms with E-state index < -0.39 is 5.79 Å². The molecule has 0 radical (unpaired) electrons. The first-order valence-electron chi connectivity index (χ1n) is 6.04. The zero-order valence-electron chi connectivity index (χ0n) is 9.53. The van der Waals surface area contributed by atoms with E-state index in [-0.39, 0.29) is 18.3 Å². The first-order chi connectivity index (χ1) is 7.06. The van der Waals surface area contributed by atoms with E-state index in [2.05, 4.69) is 0 Å². The summed E-state index contributed by atoms with van der Waals surface area (Å²) in [7, 11) is 0. The van der Waals surface area contributed by atoms with E-state index in [0.29, 0.717) is 5.92 Å². The van der Waals surface area contributed by atoms with Gasteiger partial charge in [0.05, 0.1) is 6.10 Å². The largest absolute Gasteiger partial charge is 0.396 e. The SMILES string of the molecule is CC1(C)O[C@H]2CC3CC(C3)[C@@]2(CCO)O1. The van der Waals surface area contributed by atoms with Crippen LogP contribution in [0.1, 0.15) is 39.5 Å². The molecule has 4 aliphatic rings. The van der Waals surface area contributed by atoms with Crippen molar-refractivity contribution in [3.05, 3.63) is 0 Å². The van der Waals surface area contributed by atoms with Crippen molar-refractivity contribution in [2.24, 2.45) is 11.8 Å². The van der Waals surface area contributed by atoms with E-state index in [0.717, 1.165) is 18.8 Å². The van der Waals surface area contributed by atoms with E-state index in [4.69, 9.17) is 9.47 Å². The number of ether oxygens (including phenoxy) is 2. The molecule has 0 aromatic heterocycles. The Kier molecular flexibility index (Phi) is 1.99. The molecular weight excluding hydrogens is 192 g/mol. The average Bonchev–Trinajstić information content (AvgIpc) is 2.32. The fourth-order valence-corrected chi connectivity index (χ4v) is 3.80. The van der Waals surface area contributed by atoms with Gasteiger partial charge in [0.15, 0.2) is 5.79 Å². The molecular formula is C12H20O3. The van der Waals surface area contributed by atoms with Gasteiger partial charge in [-0.25, -0.2) is 0 Å². The molecule has 0 unspecified atom stereocenters. The van der Waals surface area contributed by atoms with Gasteiger partial charge in [-0.1, -0.05) is 0 Å². The Morgan fingerprint density at radius 3 is 2.67 bits per heavy atom. The zero-order chi connectivity index (χ0) is 10.7. The summed E-state index contributed by atoms with van der Waals surface area (Å²) in [4.78, 5) is 0. The van der Waals surface area contributed by atoms with Gasteiger partial charge in [-0.3, -0.25) is 0 Å². The van der Waals surface area contributed by atoms with Gasteiger partial charge < -0.3 is 14.6 Å². The van der Waals surface area contributed by atoms with Crippen LogP contribution < -0.4 is 0 Å². The minimum Gasteiger partial charge on any atom is -0.396 e. The van der Waals surface area contributed by atoms with Gasteiger partial charge in [0.25, 0.3) is 0 Å². The van der Waals surface area contributed by atoms with Crippen molar-refractivity contribution >= 4 is 0 Å². The predicted molar refractivity (Wildman–Crippen MR) is 55.3 cm³/mol. The molecule has 2 bridgehead atoms. The standard InChI is InChI=1S/C12H20O3/c1-11(2)14-10-7-8-5-9(6-8)12(10,15-11)3-4-13/h8-10,13H,3-7H2,1-2H3/t8?,9?,10-,12+/m0/s1. The highest BCUT2D eigenvalue weighted by molar-refractivity contribution is 5.10. The fraction of sp³-hybridized carbons (Fsp3) is 1.00. The van der Waals surface area contributed by atoms with Gasteiger partial charge >= 0.3 is 0 Å². The third-order valence-corrected chi connectivity index (χ3v) is 4.38. The molecule has 0 aromatic rings. The van der Waals surface area contributed by atoms with Crippen molar-refractivity contribution in [1.82, 2.24) is 0 Å². The lowest BCUT2D eigenvalue weighted by atomic mass is 9.55. The first-order valence-corrected chi connectivity index (χ1v) is 6.04. The Hall–Kier alpha value is -0.120. The molecule has 2 atom stereocenters. The second-order valence-corrected chi connectivity index (χ2v) is 5.81. The van der Waals surface area contributed by atoms with Crippen LogP contribution in [-0.2, 0) is 9.47 Å². The summed E-state index contributed by atoms with van der Waals surface area (Å²) >= 11 is 0. The van der Waals surface area contributed by atoms with Gasteiger partial charge in [-0.15, -0.1) is 0 Å². The molecule has 1 N–H and O–H groups in total. The van der Waals surface area contributed by atoms with Crippen molar-refractivity contribution in [1.29, 1.82) is 0 Å². The molecule has 86 valence electrons. The minimum absolute atomic E-state index is 0.174. The Labute approximate surface area is 90.8 Å². The third kappa shape index (κ3) is 1.30. The summed E-state index contributed by atoms with van der Waals surface area (Å²) in [6.07, 6.45) is 4.63. The topological polar surface area (TPSA) is 38.7 Å². The van der Waals surface area contributed by atoms with Crippen LogP contribution in [0.4, 0.5) is 0 Å². The number of hydrogen-bond acceptors (Lipinski definition) is 3. The molecule has 0 amide bonds. The summed E-state index contributed by atoms with van der Waals surface area (Å²) in [5, 5.41) is 9.23. The second kappa shape index (κ2) is 2.96. The third-order valence-electron chi connectivity index (χ3n) is 4.38. The molecule has 1 heterocycles. The maximum Gasteiger partial charge on any atom is 0.164 e. The molecule has 4 rings (SSSR count). The summed E-state index contributed by atoms with van der Waals surface area (Å²) in [6, 6.07) is 0. The van der Waals surface area contributed by atoms with Crippen LogP contribution in [0.25, 0.3) is 0 Å². The van der Waals surface area contributed by atoms with Crippen molar-refractivity contribution < 1.29 is 14.6 Å². The predicted octanol–water partition coefficient (Wildman–Crippen LogP) is 1.69. The van der Waals surface area contributed by atoms with Crippen LogP contribution in [0.5, 0.6) is 0 Å². The molecule has 15 heavy (non-hydrogen) atoms. The van der Waals surface area contributed by atoms with Gasteiger partial charge in [0.2, 0.25) is 0 Å². The van der Waals surface area contributed by atoms with Crippen LogP contribution in [0, 0.1) is 11.8 Å². The lowest BCUT2D eigenvalue weighted by Crippen LogP contribution is -2.58. The molecule has 0 spiro atoms. The molecule has 3 saturated carbocycles. The fourth-order valence-electron chi connectivity index (χ4n) is 3.80. The summed E-state index contributed by atoms with van der Waals surface area (Å²) in [6.45, 7) is 4.18. The van der Waals surface area contributed by atoms with E-state index in [1.165, 1.54) is 12.8 Å². The number of aliphatic hydroxyl groups excluding tert-OH is 1. The van der Waals surface area contributed by atoms with Crippen molar-refractivity contribution in [2.75, 3.05) is 6.61 Å². The first kappa shape index (κ1) is 10.1. The van der Waals surface area contributed by atoms with Crippen molar-refractivity contribution in [2.45, 2.75) is 57.0 Å². The lowest BCUT2D eigenvalue weighted by Gasteiger charge is -2.54. The molecule has 1 saturated heterocycles. The van der Waals surface area contributed by atoms with Crippen LogP contribution in [-0.4, -0.2) is 29.2 Å². The van der Waals surface area contributed by atoms with Gasteiger partial charge in [-0.2, -0.15) is 0 Å². The summed E-state index contributed by atoms with van der Waals surface area (Å²) in [5.41, 5.74) is -0.174. The molecule has 0 aromatic carbocycles. The van der Waals surface area contributed by atoms with Crippen molar-refractivity contribution in [3.8, 4) is 0 Å². The quantitative estimate of drug-likeness (QED) is 0.757. The zero-order valence-corrected chi connectivity index (χ0v) is 9.53. The highest BCUT2D eigenvalue weighted by atomic mass is 16.8. The van der Waals surface area contributed by atoms with Crippen LogP contribution in [0.3, 0.4) is 0 Å². The molecule has 1 aliphatic heterocycles. The number of rotatable bonds is 2. The van der Waals surface area contributed by atoms with E-state index in [1.54, 1.807) is 0 Å². The van der Waals surface area contributed by atoms with Crippen molar-refractivity contribution in [3.63, 3.8) is 0 Å². The molecule has 3 aliphatic carbocycles. The Morgan fingerprint density at radius 1 is 1.27 bits per heavy atom. The molecule has 3 heteroatoms. The lowest BCUT2D eigenvalue weighted by molar-refractivity contribution is -0.190. The monoisotopic (exact) mass is 212 g/mol.